The number of benzene rings is 1. The van der Waals surface area contributed by atoms with Gasteiger partial charge in [0.2, 0.25) is 0 Å². The molecule has 1 aliphatic heterocycles. The van der Waals surface area contributed by atoms with Crippen LogP contribution >= 0.6 is 34.8 Å². The average molecular weight is 513 g/mol. The normalized spacial score (nSPS) is 14.6. The van der Waals surface area contributed by atoms with E-state index in [0.29, 0.717) is 39.8 Å². The fourth-order valence-corrected chi connectivity index (χ4v) is 4.90. The van der Waals surface area contributed by atoms with E-state index in [0.717, 1.165) is 44.7 Å². The van der Waals surface area contributed by atoms with Gasteiger partial charge in [-0.05, 0) is 18.6 Å². The molecule has 0 saturated carbocycles. The molecule has 0 atom stereocenters. The van der Waals surface area contributed by atoms with Crippen molar-refractivity contribution >= 4 is 45.7 Å². The first kappa shape index (κ1) is 24.1. The molecule has 0 N–H and O–H groups in total. The number of hydrogen-bond acceptors (Lipinski definition) is 6. The maximum absolute atomic E-state index is 13.7. The summed E-state index contributed by atoms with van der Waals surface area (Å²) in [6, 6.07) is 5.02. The molecule has 10 heteroatoms. The third kappa shape index (κ3) is 4.93. The number of aromatic nitrogens is 2. The van der Waals surface area contributed by atoms with Crippen molar-refractivity contribution < 1.29 is 14.2 Å². The first-order valence-electron chi connectivity index (χ1n) is 10.5. The van der Waals surface area contributed by atoms with Gasteiger partial charge in [-0.1, -0.05) is 34.8 Å². The van der Waals surface area contributed by atoms with E-state index < -0.39 is 0 Å². The summed E-state index contributed by atoms with van der Waals surface area (Å²) in [4.78, 5) is 20.3. The zero-order valence-corrected chi connectivity index (χ0v) is 20.6. The Kier molecular flexibility index (Phi) is 7.66. The van der Waals surface area contributed by atoms with Crippen molar-refractivity contribution in [2.45, 2.75) is 13.0 Å². The lowest BCUT2D eigenvalue weighted by Gasteiger charge is -2.26. The van der Waals surface area contributed by atoms with Crippen LogP contribution in [-0.2, 0) is 11.3 Å². The SMILES string of the molecule is COc1cc(OC)c(Cl)c(-c2cc3cnc(Cl)cc3n(CCCN3CCOCC3)c2=O)c1Cl. The van der Waals surface area contributed by atoms with Crippen molar-refractivity contribution in [1.82, 2.24) is 14.5 Å². The number of methoxy groups -OCH3 is 2. The number of morpholine rings is 1. The van der Waals surface area contributed by atoms with Crippen molar-refractivity contribution in [1.29, 1.82) is 0 Å². The predicted molar refractivity (Wildman–Crippen MR) is 131 cm³/mol. The number of rotatable bonds is 7. The molecule has 0 amide bonds. The summed E-state index contributed by atoms with van der Waals surface area (Å²) < 4.78 is 17.9. The van der Waals surface area contributed by atoms with Crippen LogP contribution in [0.25, 0.3) is 22.0 Å². The first-order chi connectivity index (χ1) is 15.9. The Bertz CT molecular complexity index is 1200. The van der Waals surface area contributed by atoms with Gasteiger partial charge in [-0.2, -0.15) is 0 Å². The molecule has 1 saturated heterocycles. The fourth-order valence-electron chi connectivity index (χ4n) is 4.05. The van der Waals surface area contributed by atoms with Crippen molar-refractivity contribution in [2.75, 3.05) is 47.1 Å². The lowest BCUT2D eigenvalue weighted by molar-refractivity contribution is 0.0369. The molecular formula is C23H24Cl3N3O4. The molecule has 0 spiro atoms. The second-order valence-electron chi connectivity index (χ2n) is 7.67. The highest BCUT2D eigenvalue weighted by molar-refractivity contribution is 6.41. The maximum atomic E-state index is 13.7. The lowest BCUT2D eigenvalue weighted by Crippen LogP contribution is -2.37. The van der Waals surface area contributed by atoms with Gasteiger partial charge in [-0.3, -0.25) is 9.69 Å². The molecule has 176 valence electrons. The Hall–Kier alpha value is -2.03. The van der Waals surface area contributed by atoms with Crippen LogP contribution in [0.4, 0.5) is 0 Å². The van der Waals surface area contributed by atoms with Crippen molar-refractivity contribution in [3.8, 4) is 22.6 Å². The topological polar surface area (TPSA) is 65.8 Å². The number of fused-ring (bicyclic) bond motifs is 1. The lowest BCUT2D eigenvalue weighted by atomic mass is 10.0. The molecule has 3 heterocycles. The number of pyridine rings is 2. The minimum absolute atomic E-state index is 0.231. The number of nitrogens with zero attached hydrogens (tertiary/aromatic N) is 3. The summed E-state index contributed by atoms with van der Waals surface area (Å²) in [5, 5.41) is 1.54. The van der Waals surface area contributed by atoms with E-state index in [1.807, 2.05) is 0 Å². The van der Waals surface area contributed by atoms with Crippen LogP contribution in [0.1, 0.15) is 6.42 Å². The van der Waals surface area contributed by atoms with Crippen LogP contribution < -0.4 is 15.0 Å². The number of aryl methyl sites for hydroxylation is 1. The highest BCUT2D eigenvalue weighted by Gasteiger charge is 2.23. The Balaban J connectivity index is 1.83. The van der Waals surface area contributed by atoms with Gasteiger partial charge in [0, 0.05) is 49.4 Å². The Morgan fingerprint density at radius 1 is 1.00 bits per heavy atom. The zero-order chi connectivity index (χ0) is 23.5. The summed E-state index contributed by atoms with van der Waals surface area (Å²) in [6.07, 6.45) is 2.42. The standard InChI is InChI=1S/C23H24Cl3N3O4/c1-31-17-12-18(32-2)22(26)20(21(17)25)15-10-14-13-27-19(24)11-16(14)29(23(15)30)5-3-4-28-6-8-33-9-7-28/h10-13H,3-9H2,1-2H3. The van der Waals surface area contributed by atoms with Crippen LogP contribution in [-0.4, -0.2) is 61.5 Å². The predicted octanol–water partition coefficient (Wildman–Crippen LogP) is 4.76. The summed E-state index contributed by atoms with van der Waals surface area (Å²) in [5.41, 5.74) is 1.17. The van der Waals surface area contributed by atoms with Gasteiger partial charge in [0.05, 0.1) is 48.6 Å². The maximum Gasteiger partial charge on any atom is 0.259 e. The molecule has 4 rings (SSSR count). The van der Waals surface area contributed by atoms with Gasteiger partial charge < -0.3 is 18.8 Å². The molecule has 0 aliphatic carbocycles. The minimum atomic E-state index is -0.231. The fraction of sp³-hybridized carbons (Fsp3) is 0.391. The van der Waals surface area contributed by atoms with Gasteiger partial charge in [0.15, 0.2) is 0 Å². The second-order valence-corrected chi connectivity index (χ2v) is 8.82. The summed E-state index contributed by atoms with van der Waals surface area (Å²) in [5.74, 6) is 0.723. The Morgan fingerprint density at radius 3 is 2.30 bits per heavy atom. The minimum Gasteiger partial charge on any atom is -0.495 e. The van der Waals surface area contributed by atoms with Crippen LogP contribution in [0.3, 0.4) is 0 Å². The van der Waals surface area contributed by atoms with Gasteiger partial charge in [-0.25, -0.2) is 4.98 Å². The third-order valence-corrected chi connectivity index (χ3v) is 6.70. The van der Waals surface area contributed by atoms with Crippen molar-refractivity contribution in [2.24, 2.45) is 0 Å². The van der Waals surface area contributed by atoms with Crippen LogP contribution in [0.5, 0.6) is 11.5 Å². The number of halogens is 3. The smallest absolute Gasteiger partial charge is 0.259 e. The molecule has 1 aromatic carbocycles. The van der Waals surface area contributed by atoms with Gasteiger partial charge in [0.25, 0.3) is 5.56 Å². The van der Waals surface area contributed by atoms with E-state index in [1.54, 1.807) is 29.0 Å². The molecular weight excluding hydrogens is 489 g/mol. The van der Waals surface area contributed by atoms with E-state index in [9.17, 15) is 4.79 Å². The Labute approximate surface area is 206 Å². The molecule has 0 radical (unpaired) electrons. The summed E-state index contributed by atoms with van der Waals surface area (Å²) >= 11 is 19.4. The highest BCUT2D eigenvalue weighted by atomic mass is 35.5. The first-order valence-corrected chi connectivity index (χ1v) is 11.7. The van der Waals surface area contributed by atoms with Gasteiger partial charge in [0.1, 0.15) is 16.7 Å². The van der Waals surface area contributed by atoms with E-state index in [-0.39, 0.29) is 15.6 Å². The highest BCUT2D eigenvalue weighted by Crippen LogP contribution is 2.45. The summed E-state index contributed by atoms with van der Waals surface area (Å²) in [7, 11) is 2.99. The van der Waals surface area contributed by atoms with Gasteiger partial charge >= 0.3 is 0 Å². The molecule has 0 unspecified atom stereocenters. The van der Waals surface area contributed by atoms with Gasteiger partial charge in [-0.15, -0.1) is 0 Å². The molecule has 0 bridgehead atoms. The number of hydrogen-bond donors (Lipinski definition) is 0. The van der Waals surface area contributed by atoms with E-state index in [4.69, 9.17) is 49.0 Å². The van der Waals surface area contributed by atoms with E-state index >= 15 is 0 Å². The Morgan fingerprint density at radius 2 is 1.67 bits per heavy atom. The van der Waals surface area contributed by atoms with Crippen LogP contribution in [0, 0.1) is 0 Å². The zero-order valence-electron chi connectivity index (χ0n) is 18.4. The largest absolute Gasteiger partial charge is 0.495 e. The van der Waals surface area contributed by atoms with Crippen molar-refractivity contribution in [3.63, 3.8) is 0 Å². The van der Waals surface area contributed by atoms with Crippen LogP contribution in [0.15, 0.2) is 29.2 Å². The molecule has 2 aromatic heterocycles. The molecule has 1 aliphatic rings. The monoisotopic (exact) mass is 511 g/mol. The molecule has 3 aromatic rings. The molecule has 7 nitrogen and oxygen atoms in total. The van der Waals surface area contributed by atoms with E-state index in [1.165, 1.54) is 14.2 Å². The second kappa shape index (κ2) is 10.5. The van der Waals surface area contributed by atoms with Crippen molar-refractivity contribution in [3.05, 3.63) is 49.9 Å². The number of ether oxygens (including phenoxy) is 3. The quantitative estimate of drug-likeness (QED) is 0.425. The molecule has 1 fully saturated rings. The van der Waals surface area contributed by atoms with Crippen LogP contribution in [0.2, 0.25) is 15.2 Å². The third-order valence-electron chi connectivity index (χ3n) is 5.75. The molecule has 33 heavy (non-hydrogen) atoms. The average Bonchev–Trinajstić information content (AvgIpc) is 2.82. The van der Waals surface area contributed by atoms with E-state index in [2.05, 4.69) is 9.88 Å². The summed E-state index contributed by atoms with van der Waals surface area (Å²) in [6.45, 7) is 4.59.